The SMILES string of the molecule is CC(=O)Nc1cccc(C(=O)N2CCC(OCCN(C)C)CC2)c1. The van der Waals surface area contributed by atoms with Crippen LogP contribution in [0, 0.1) is 0 Å². The predicted octanol–water partition coefficient (Wildman–Crippen LogP) is 1.83. The molecule has 6 heteroatoms. The quantitative estimate of drug-likeness (QED) is 0.863. The van der Waals surface area contributed by atoms with Crippen molar-refractivity contribution in [2.75, 3.05) is 45.7 Å². The number of carbonyl (C=O) groups is 2. The molecule has 1 aromatic carbocycles. The summed E-state index contributed by atoms with van der Waals surface area (Å²) < 4.78 is 5.86. The Morgan fingerprint density at radius 3 is 2.62 bits per heavy atom. The number of benzene rings is 1. The third kappa shape index (κ3) is 5.62. The molecule has 0 aromatic heterocycles. The molecule has 0 bridgehead atoms. The van der Waals surface area contributed by atoms with Gasteiger partial charge in [0.2, 0.25) is 5.91 Å². The first-order valence-electron chi connectivity index (χ1n) is 8.39. The number of likely N-dealkylation sites (N-methyl/N-ethyl adjacent to an activating group) is 1. The van der Waals surface area contributed by atoms with E-state index in [2.05, 4.69) is 10.2 Å². The Kier molecular flexibility index (Phi) is 6.75. The van der Waals surface area contributed by atoms with E-state index in [-0.39, 0.29) is 17.9 Å². The fourth-order valence-electron chi connectivity index (χ4n) is 2.74. The lowest BCUT2D eigenvalue weighted by molar-refractivity contribution is -0.114. The Hall–Kier alpha value is -1.92. The van der Waals surface area contributed by atoms with Gasteiger partial charge in [-0.25, -0.2) is 0 Å². The zero-order chi connectivity index (χ0) is 17.5. The molecule has 132 valence electrons. The van der Waals surface area contributed by atoms with Gasteiger partial charge in [0.15, 0.2) is 0 Å². The average Bonchev–Trinajstić information content (AvgIpc) is 2.54. The van der Waals surface area contributed by atoms with Crippen LogP contribution in [0.4, 0.5) is 5.69 Å². The highest BCUT2D eigenvalue weighted by molar-refractivity contribution is 5.96. The van der Waals surface area contributed by atoms with Crippen LogP contribution in [0.1, 0.15) is 30.1 Å². The minimum absolute atomic E-state index is 0.00828. The third-order valence-electron chi connectivity index (χ3n) is 4.05. The normalized spacial score (nSPS) is 15.6. The lowest BCUT2D eigenvalue weighted by Gasteiger charge is -2.32. The van der Waals surface area contributed by atoms with E-state index in [0.29, 0.717) is 24.3 Å². The van der Waals surface area contributed by atoms with Gasteiger partial charge in [-0.05, 0) is 45.1 Å². The Morgan fingerprint density at radius 1 is 1.29 bits per heavy atom. The van der Waals surface area contributed by atoms with E-state index in [1.54, 1.807) is 24.3 Å². The van der Waals surface area contributed by atoms with E-state index in [0.717, 1.165) is 26.0 Å². The highest BCUT2D eigenvalue weighted by Crippen LogP contribution is 2.18. The smallest absolute Gasteiger partial charge is 0.253 e. The van der Waals surface area contributed by atoms with Crippen LogP contribution in [-0.4, -0.2) is 68.1 Å². The van der Waals surface area contributed by atoms with Gasteiger partial charge in [0, 0.05) is 37.8 Å². The van der Waals surface area contributed by atoms with Gasteiger partial charge in [-0.15, -0.1) is 0 Å². The second kappa shape index (κ2) is 8.80. The van der Waals surface area contributed by atoms with Crippen LogP contribution < -0.4 is 5.32 Å². The van der Waals surface area contributed by atoms with E-state index in [9.17, 15) is 9.59 Å². The van der Waals surface area contributed by atoms with Gasteiger partial charge < -0.3 is 19.9 Å². The molecule has 1 aliphatic heterocycles. The van der Waals surface area contributed by atoms with Crippen molar-refractivity contribution in [1.82, 2.24) is 9.80 Å². The maximum atomic E-state index is 12.6. The summed E-state index contributed by atoms with van der Waals surface area (Å²) >= 11 is 0. The summed E-state index contributed by atoms with van der Waals surface area (Å²) in [5, 5.41) is 2.71. The standard InChI is InChI=1S/C18H27N3O3/c1-14(22)19-16-6-4-5-15(13-16)18(23)21-9-7-17(8-10-21)24-12-11-20(2)3/h4-6,13,17H,7-12H2,1-3H3,(H,19,22). The number of hydrogen-bond donors (Lipinski definition) is 1. The largest absolute Gasteiger partial charge is 0.377 e. The number of hydrogen-bond acceptors (Lipinski definition) is 4. The van der Waals surface area contributed by atoms with E-state index in [1.807, 2.05) is 19.0 Å². The van der Waals surface area contributed by atoms with Crippen LogP contribution >= 0.6 is 0 Å². The number of nitrogens with one attached hydrogen (secondary N) is 1. The maximum absolute atomic E-state index is 12.6. The molecule has 2 rings (SSSR count). The molecule has 1 fully saturated rings. The van der Waals surface area contributed by atoms with Crippen molar-refractivity contribution in [3.05, 3.63) is 29.8 Å². The summed E-state index contributed by atoms with van der Waals surface area (Å²) in [4.78, 5) is 27.7. The molecule has 0 saturated carbocycles. The number of piperidine rings is 1. The molecule has 0 spiro atoms. The highest BCUT2D eigenvalue weighted by atomic mass is 16.5. The molecule has 1 N–H and O–H groups in total. The minimum atomic E-state index is -0.143. The number of ether oxygens (including phenoxy) is 1. The summed E-state index contributed by atoms with van der Waals surface area (Å²) in [6.07, 6.45) is 1.97. The van der Waals surface area contributed by atoms with Gasteiger partial charge >= 0.3 is 0 Å². The maximum Gasteiger partial charge on any atom is 0.253 e. The van der Waals surface area contributed by atoms with Crippen molar-refractivity contribution in [2.45, 2.75) is 25.9 Å². The van der Waals surface area contributed by atoms with E-state index >= 15 is 0 Å². The molecule has 1 aromatic rings. The molecular formula is C18H27N3O3. The molecule has 24 heavy (non-hydrogen) atoms. The van der Waals surface area contributed by atoms with Gasteiger partial charge in [0.25, 0.3) is 5.91 Å². The van der Waals surface area contributed by atoms with Crippen LogP contribution in [0.3, 0.4) is 0 Å². The fourth-order valence-corrected chi connectivity index (χ4v) is 2.74. The Labute approximate surface area is 143 Å². The Morgan fingerprint density at radius 2 is 2.00 bits per heavy atom. The summed E-state index contributed by atoms with van der Waals surface area (Å²) in [5.74, 6) is -0.135. The van der Waals surface area contributed by atoms with Crippen LogP contribution in [0.5, 0.6) is 0 Å². The Balaban J connectivity index is 1.85. The molecule has 1 saturated heterocycles. The third-order valence-corrected chi connectivity index (χ3v) is 4.05. The number of rotatable bonds is 6. The number of anilines is 1. The van der Waals surface area contributed by atoms with E-state index in [1.165, 1.54) is 6.92 Å². The van der Waals surface area contributed by atoms with Gasteiger partial charge in [-0.1, -0.05) is 6.07 Å². The van der Waals surface area contributed by atoms with Crippen molar-refractivity contribution in [2.24, 2.45) is 0 Å². The van der Waals surface area contributed by atoms with Gasteiger partial charge in [0.1, 0.15) is 0 Å². The molecule has 0 aliphatic carbocycles. The molecular weight excluding hydrogens is 306 g/mol. The summed E-state index contributed by atoms with van der Waals surface area (Å²) in [6.45, 7) is 4.50. The first-order chi connectivity index (χ1) is 11.5. The van der Waals surface area contributed by atoms with Crippen molar-refractivity contribution in [1.29, 1.82) is 0 Å². The summed E-state index contributed by atoms with van der Waals surface area (Å²) in [7, 11) is 4.05. The molecule has 0 unspecified atom stereocenters. The molecule has 2 amide bonds. The topological polar surface area (TPSA) is 61.9 Å². The van der Waals surface area contributed by atoms with Crippen molar-refractivity contribution < 1.29 is 14.3 Å². The van der Waals surface area contributed by atoms with Crippen LogP contribution in [-0.2, 0) is 9.53 Å². The second-order valence-corrected chi connectivity index (χ2v) is 6.43. The molecule has 0 radical (unpaired) electrons. The van der Waals surface area contributed by atoms with Crippen LogP contribution in [0.15, 0.2) is 24.3 Å². The minimum Gasteiger partial charge on any atom is -0.377 e. The first-order valence-corrected chi connectivity index (χ1v) is 8.39. The number of likely N-dealkylation sites (tertiary alicyclic amines) is 1. The number of nitrogens with zero attached hydrogens (tertiary/aromatic N) is 2. The van der Waals surface area contributed by atoms with Gasteiger partial charge in [-0.2, -0.15) is 0 Å². The van der Waals surface area contributed by atoms with Crippen molar-refractivity contribution in [3.8, 4) is 0 Å². The van der Waals surface area contributed by atoms with Crippen molar-refractivity contribution >= 4 is 17.5 Å². The van der Waals surface area contributed by atoms with Crippen LogP contribution in [0.2, 0.25) is 0 Å². The predicted molar refractivity (Wildman–Crippen MR) is 94.2 cm³/mol. The van der Waals surface area contributed by atoms with Gasteiger partial charge in [0.05, 0.1) is 12.7 Å². The monoisotopic (exact) mass is 333 g/mol. The number of amides is 2. The summed E-state index contributed by atoms with van der Waals surface area (Å²) in [6, 6.07) is 7.08. The lowest BCUT2D eigenvalue weighted by Crippen LogP contribution is -2.41. The lowest BCUT2D eigenvalue weighted by atomic mass is 10.1. The molecule has 0 atom stereocenters. The fraction of sp³-hybridized carbons (Fsp3) is 0.556. The second-order valence-electron chi connectivity index (χ2n) is 6.43. The van der Waals surface area contributed by atoms with E-state index < -0.39 is 0 Å². The Bertz CT molecular complexity index is 566. The van der Waals surface area contributed by atoms with Crippen LogP contribution in [0.25, 0.3) is 0 Å². The highest BCUT2D eigenvalue weighted by Gasteiger charge is 2.24. The van der Waals surface area contributed by atoms with E-state index in [4.69, 9.17) is 4.74 Å². The van der Waals surface area contributed by atoms with Gasteiger partial charge in [-0.3, -0.25) is 9.59 Å². The zero-order valence-corrected chi connectivity index (χ0v) is 14.7. The molecule has 1 heterocycles. The summed E-state index contributed by atoms with van der Waals surface area (Å²) in [5.41, 5.74) is 1.25. The average molecular weight is 333 g/mol. The van der Waals surface area contributed by atoms with Crippen molar-refractivity contribution in [3.63, 3.8) is 0 Å². The molecule has 1 aliphatic rings. The number of carbonyl (C=O) groups excluding carboxylic acids is 2. The molecule has 6 nitrogen and oxygen atoms in total. The first kappa shape index (κ1) is 18.4. The zero-order valence-electron chi connectivity index (χ0n) is 14.7.